The van der Waals surface area contributed by atoms with E-state index >= 15 is 0 Å². The van der Waals surface area contributed by atoms with Gasteiger partial charge in [0.2, 0.25) is 0 Å². The fourth-order valence-electron chi connectivity index (χ4n) is 3.05. The first-order valence-corrected chi connectivity index (χ1v) is 6.91. The van der Waals surface area contributed by atoms with E-state index in [2.05, 4.69) is 43.3 Å². The minimum Gasteiger partial charge on any atom is -0.393 e. The molecule has 18 heavy (non-hydrogen) atoms. The standard InChI is InChI=1S/C17H20O/c1-12-2-3-16-11-15(5-4-14(16)10-12)13-6-8-17(18)9-7-13/h2-5,10-11,13,17-18H,6-9H2,1H3. The summed E-state index contributed by atoms with van der Waals surface area (Å²) >= 11 is 0. The molecule has 1 aliphatic rings. The van der Waals surface area contributed by atoms with Crippen molar-refractivity contribution in [2.24, 2.45) is 0 Å². The van der Waals surface area contributed by atoms with E-state index in [1.165, 1.54) is 21.9 Å². The zero-order valence-electron chi connectivity index (χ0n) is 10.9. The first-order valence-electron chi connectivity index (χ1n) is 6.91. The molecular weight excluding hydrogens is 220 g/mol. The first-order chi connectivity index (χ1) is 8.72. The van der Waals surface area contributed by atoms with Gasteiger partial charge >= 0.3 is 0 Å². The van der Waals surface area contributed by atoms with Gasteiger partial charge in [-0.1, -0.05) is 42.0 Å². The number of rotatable bonds is 1. The van der Waals surface area contributed by atoms with Gasteiger partial charge in [-0.2, -0.15) is 0 Å². The topological polar surface area (TPSA) is 20.2 Å². The summed E-state index contributed by atoms with van der Waals surface area (Å²) in [5.41, 5.74) is 2.76. The second kappa shape index (κ2) is 4.74. The SMILES string of the molecule is Cc1ccc2cc(C3CCC(O)CC3)ccc2c1. The maximum Gasteiger partial charge on any atom is 0.0540 e. The molecule has 0 aromatic heterocycles. The molecule has 1 nitrogen and oxygen atoms in total. The van der Waals surface area contributed by atoms with E-state index in [1.807, 2.05) is 0 Å². The zero-order valence-corrected chi connectivity index (χ0v) is 10.9. The average Bonchev–Trinajstić information content (AvgIpc) is 2.39. The van der Waals surface area contributed by atoms with Gasteiger partial charge in [-0.25, -0.2) is 0 Å². The summed E-state index contributed by atoms with van der Waals surface area (Å²) in [4.78, 5) is 0. The van der Waals surface area contributed by atoms with E-state index in [1.54, 1.807) is 0 Å². The Bertz CT molecular complexity index is 551. The highest BCUT2D eigenvalue weighted by atomic mass is 16.3. The minimum absolute atomic E-state index is 0.0654. The van der Waals surface area contributed by atoms with Crippen LogP contribution >= 0.6 is 0 Å². The van der Waals surface area contributed by atoms with Crippen molar-refractivity contribution < 1.29 is 5.11 Å². The summed E-state index contributed by atoms with van der Waals surface area (Å²) < 4.78 is 0. The van der Waals surface area contributed by atoms with Crippen molar-refractivity contribution in [1.82, 2.24) is 0 Å². The lowest BCUT2D eigenvalue weighted by Gasteiger charge is -2.25. The monoisotopic (exact) mass is 240 g/mol. The Labute approximate surface area is 108 Å². The van der Waals surface area contributed by atoms with Crippen LogP contribution < -0.4 is 0 Å². The van der Waals surface area contributed by atoms with E-state index in [9.17, 15) is 5.11 Å². The van der Waals surface area contributed by atoms with Gasteiger partial charge < -0.3 is 5.11 Å². The second-order valence-corrected chi connectivity index (χ2v) is 5.62. The zero-order chi connectivity index (χ0) is 12.5. The number of benzene rings is 2. The van der Waals surface area contributed by atoms with Gasteiger partial charge in [0.05, 0.1) is 6.10 Å². The van der Waals surface area contributed by atoms with Gasteiger partial charge in [-0.3, -0.25) is 0 Å². The van der Waals surface area contributed by atoms with Crippen molar-refractivity contribution in [1.29, 1.82) is 0 Å². The summed E-state index contributed by atoms with van der Waals surface area (Å²) in [6.45, 7) is 2.13. The largest absolute Gasteiger partial charge is 0.393 e. The predicted molar refractivity (Wildman–Crippen MR) is 75.9 cm³/mol. The summed E-state index contributed by atoms with van der Waals surface area (Å²) in [5, 5.41) is 12.2. The molecule has 0 heterocycles. The van der Waals surface area contributed by atoms with Gasteiger partial charge in [0.1, 0.15) is 0 Å². The molecular formula is C17H20O. The highest BCUT2D eigenvalue weighted by Gasteiger charge is 2.20. The predicted octanol–water partition coefficient (Wildman–Crippen LogP) is 4.17. The summed E-state index contributed by atoms with van der Waals surface area (Å²) in [7, 11) is 0. The summed E-state index contributed by atoms with van der Waals surface area (Å²) in [6.07, 6.45) is 4.09. The number of aliphatic hydroxyl groups excluding tert-OH is 1. The van der Waals surface area contributed by atoms with Gasteiger partial charge in [0, 0.05) is 0 Å². The molecule has 1 fully saturated rings. The Morgan fingerprint density at radius 1 is 0.889 bits per heavy atom. The summed E-state index contributed by atoms with van der Waals surface area (Å²) in [5.74, 6) is 0.638. The normalized spacial score (nSPS) is 24.3. The van der Waals surface area contributed by atoms with Crippen LogP contribution in [0.2, 0.25) is 0 Å². The Hall–Kier alpha value is -1.34. The van der Waals surface area contributed by atoms with Gasteiger partial charge in [0.25, 0.3) is 0 Å². The van der Waals surface area contributed by atoms with Crippen LogP contribution in [0.4, 0.5) is 0 Å². The van der Waals surface area contributed by atoms with Crippen molar-refractivity contribution in [2.75, 3.05) is 0 Å². The molecule has 0 amide bonds. The molecule has 0 spiro atoms. The van der Waals surface area contributed by atoms with Gasteiger partial charge in [-0.15, -0.1) is 0 Å². The third kappa shape index (κ3) is 2.28. The number of fused-ring (bicyclic) bond motifs is 1. The molecule has 0 unspecified atom stereocenters. The maximum atomic E-state index is 9.58. The molecule has 3 rings (SSSR count). The van der Waals surface area contributed by atoms with Crippen molar-refractivity contribution >= 4 is 10.8 Å². The van der Waals surface area contributed by atoms with Gasteiger partial charge in [-0.05, 0) is 54.9 Å². The van der Waals surface area contributed by atoms with Crippen LogP contribution in [0.5, 0.6) is 0 Å². The van der Waals surface area contributed by atoms with E-state index in [-0.39, 0.29) is 6.10 Å². The van der Waals surface area contributed by atoms with Crippen LogP contribution in [-0.2, 0) is 0 Å². The Morgan fingerprint density at radius 3 is 2.33 bits per heavy atom. The lowest BCUT2D eigenvalue weighted by Crippen LogP contribution is -2.16. The molecule has 0 aliphatic heterocycles. The van der Waals surface area contributed by atoms with Crippen LogP contribution in [0.15, 0.2) is 36.4 Å². The fraction of sp³-hybridized carbons (Fsp3) is 0.412. The molecule has 0 atom stereocenters. The third-order valence-corrected chi connectivity index (χ3v) is 4.19. The highest BCUT2D eigenvalue weighted by molar-refractivity contribution is 5.83. The minimum atomic E-state index is -0.0654. The molecule has 1 heteroatoms. The molecule has 0 bridgehead atoms. The quantitative estimate of drug-likeness (QED) is 0.793. The highest BCUT2D eigenvalue weighted by Crippen LogP contribution is 2.34. The lowest BCUT2D eigenvalue weighted by molar-refractivity contribution is 0.122. The number of hydrogen-bond donors (Lipinski definition) is 1. The van der Waals surface area contributed by atoms with E-state index in [0.717, 1.165) is 25.7 Å². The van der Waals surface area contributed by atoms with Crippen molar-refractivity contribution in [3.05, 3.63) is 47.5 Å². The van der Waals surface area contributed by atoms with E-state index < -0.39 is 0 Å². The molecule has 1 aliphatic carbocycles. The first kappa shape index (κ1) is 11.7. The summed E-state index contributed by atoms with van der Waals surface area (Å²) in [6, 6.07) is 13.5. The van der Waals surface area contributed by atoms with Crippen molar-refractivity contribution in [3.8, 4) is 0 Å². The molecule has 0 saturated heterocycles. The lowest BCUT2D eigenvalue weighted by atomic mass is 9.82. The molecule has 2 aromatic rings. The van der Waals surface area contributed by atoms with Crippen LogP contribution in [0, 0.1) is 6.92 Å². The molecule has 2 aromatic carbocycles. The van der Waals surface area contributed by atoms with Crippen LogP contribution in [0.25, 0.3) is 10.8 Å². The van der Waals surface area contributed by atoms with E-state index in [0.29, 0.717) is 5.92 Å². The van der Waals surface area contributed by atoms with Crippen LogP contribution in [0.1, 0.15) is 42.7 Å². The third-order valence-electron chi connectivity index (χ3n) is 4.19. The molecule has 0 radical (unpaired) electrons. The number of aliphatic hydroxyl groups is 1. The number of aryl methyl sites for hydroxylation is 1. The molecule has 1 saturated carbocycles. The smallest absolute Gasteiger partial charge is 0.0540 e. The molecule has 94 valence electrons. The Balaban J connectivity index is 1.91. The maximum absolute atomic E-state index is 9.58. The number of hydrogen-bond acceptors (Lipinski definition) is 1. The Kier molecular flexibility index (Phi) is 3.09. The fourth-order valence-corrected chi connectivity index (χ4v) is 3.05. The second-order valence-electron chi connectivity index (χ2n) is 5.62. The van der Waals surface area contributed by atoms with Crippen molar-refractivity contribution in [3.63, 3.8) is 0 Å². The average molecular weight is 240 g/mol. The van der Waals surface area contributed by atoms with Crippen LogP contribution in [-0.4, -0.2) is 11.2 Å². The Morgan fingerprint density at radius 2 is 1.56 bits per heavy atom. The molecule has 1 N–H and O–H groups in total. The van der Waals surface area contributed by atoms with Gasteiger partial charge in [0.15, 0.2) is 0 Å². The van der Waals surface area contributed by atoms with Crippen molar-refractivity contribution in [2.45, 2.75) is 44.6 Å². The van der Waals surface area contributed by atoms with E-state index in [4.69, 9.17) is 0 Å². The van der Waals surface area contributed by atoms with Crippen LogP contribution in [0.3, 0.4) is 0 Å².